The second kappa shape index (κ2) is 7.96. The van der Waals surface area contributed by atoms with Crippen LogP contribution in [0.25, 0.3) is 0 Å². The van der Waals surface area contributed by atoms with Crippen LogP contribution in [0.3, 0.4) is 0 Å². The molecule has 152 valence electrons. The molecule has 0 aliphatic carbocycles. The summed E-state index contributed by atoms with van der Waals surface area (Å²) >= 11 is 1.47. The molecule has 3 aromatic rings. The molecular formula is C21H17N3O5S. The van der Waals surface area contributed by atoms with Gasteiger partial charge in [-0.05, 0) is 36.4 Å². The number of aromatic carboxylic acids is 1. The van der Waals surface area contributed by atoms with Gasteiger partial charge in [0.2, 0.25) is 0 Å². The summed E-state index contributed by atoms with van der Waals surface area (Å²) in [5.74, 6) is -0.324. The number of carbonyl (C=O) groups is 1. The molecule has 0 bridgehead atoms. The van der Waals surface area contributed by atoms with Gasteiger partial charge in [-0.2, -0.15) is 0 Å². The molecule has 1 heterocycles. The summed E-state index contributed by atoms with van der Waals surface area (Å²) in [5.41, 5.74) is 2.12. The third-order valence-electron chi connectivity index (χ3n) is 4.68. The highest BCUT2D eigenvalue weighted by molar-refractivity contribution is 7.99. The third-order valence-corrected chi connectivity index (χ3v) is 5.77. The van der Waals surface area contributed by atoms with Gasteiger partial charge in [-0.1, -0.05) is 23.9 Å². The van der Waals surface area contributed by atoms with Gasteiger partial charge in [0.25, 0.3) is 5.69 Å². The zero-order chi connectivity index (χ0) is 21.3. The number of non-ortho nitro benzene ring substituents is 1. The molecule has 0 saturated carbocycles. The molecule has 0 radical (unpaired) electrons. The Balaban J connectivity index is 1.75. The molecule has 0 unspecified atom stereocenters. The van der Waals surface area contributed by atoms with Gasteiger partial charge in [-0.3, -0.25) is 10.1 Å². The standard InChI is InChI=1S/C21H17N3O5S/c1-29-15-8-9-17-19(11-15)30-18-7-3-6-16(21(25)26)20(18)23(17)12-22-13-4-2-5-14(10-13)24(27)28/h2-11,22H,12H2,1H3,(H,25,26). The number of carboxylic acids is 1. The van der Waals surface area contributed by atoms with E-state index < -0.39 is 10.9 Å². The lowest BCUT2D eigenvalue weighted by molar-refractivity contribution is -0.384. The zero-order valence-corrected chi connectivity index (χ0v) is 16.7. The molecule has 0 saturated heterocycles. The zero-order valence-electron chi connectivity index (χ0n) is 15.9. The summed E-state index contributed by atoms with van der Waals surface area (Å²) in [7, 11) is 1.59. The highest BCUT2D eigenvalue weighted by Gasteiger charge is 2.28. The fraction of sp³-hybridized carbons (Fsp3) is 0.0952. The van der Waals surface area contributed by atoms with Gasteiger partial charge in [-0.15, -0.1) is 0 Å². The molecule has 9 heteroatoms. The Labute approximate surface area is 176 Å². The average Bonchev–Trinajstić information content (AvgIpc) is 2.75. The summed E-state index contributed by atoms with van der Waals surface area (Å²) in [5, 5.41) is 23.9. The maximum atomic E-state index is 11.9. The molecule has 0 atom stereocenters. The summed E-state index contributed by atoms with van der Waals surface area (Å²) in [4.78, 5) is 26.1. The van der Waals surface area contributed by atoms with Crippen molar-refractivity contribution in [2.45, 2.75) is 9.79 Å². The predicted molar refractivity (Wildman–Crippen MR) is 114 cm³/mol. The normalized spacial score (nSPS) is 12.0. The Kier molecular flexibility index (Phi) is 5.20. The maximum Gasteiger partial charge on any atom is 0.337 e. The van der Waals surface area contributed by atoms with Crippen LogP contribution in [0, 0.1) is 10.1 Å². The second-order valence-corrected chi connectivity index (χ2v) is 7.55. The molecule has 30 heavy (non-hydrogen) atoms. The van der Waals surface area contributed by atoms with Crippen molar-refractivity contribution in [1.29, 1.82) is 0 Å². The van der Waals surface area contributed by atoms with Crippen molar-refractivity contribution in [1.82, 2.24) is 0 Å². The molecule has 2 N–H and O–H groups in total. The Morgan fingerprint density at radius 2 is 1.97 bits per heavy atom. The molecule has 0 fully saturated rings. The quantitative estimate of drug-likeness (QED) is 0.423. The Bertz CT molecular complexity index is 1150. The number of anilines is 3. The first-order valence-electron chi connectivity index (χ1n) is 8.96. The molecule has 1 aliphatic heterocycles. The Hall–Kier alpha value is -3.72. The van der Waals surface area contributed by atoms with E-state index in [2.05, 4.69) is 5.32 Å². The number of nitro benzene ring substituents is 1. The number of benzene rings is 3. The van der Waals surface area contributed by atoms with E-state index >= 15 is 0 Å². The smallest absolute Gasteiger partial charge is 0.337 e. The Morgan fingerprint density at radius 3 is 2.70 bits per heavy atom. The average molecular weight is 423 g/mol. The lowest BCUT2D eigenvalue weighted by Crippen LogP contribution is -2.28. The summed E-state index contributed by atoms with van der Waals surface area (Å²) in [6.45, 7) is 0.221. The van der Waals surface area contributed by atoms with Crippen LogP contribution >= 0.6 is 11.8 Å². The molecular weight excluding hydrogens is 406 g/mol. The van der Waals surface area contributed by atoms with Gasteiger partial charge in [-0.25, -0.2) is 4.79 Å². The van der Waals surface area contributed by atoms with Gasteiger partial charge in [0.15, 0.2) is 0 Å². The van der Waals surface area contributed by atoms with Gasteiger partial charge in [0.1, 0.15) is 5.75 Å². The van der Waals surface area contributed by atoms with Crippen molar-refractivity contribution < 1.29 is 19.6 Å². The van der Waals surface area contributed by atoms with E-state index in [0.29, 0.717) is 17.1 Å². The Morgan fingerprint density at radius 1 is 1.17 bits per heavy atom. The molecule has 8 nitrogen and oxygen atoms in total. The van der Waals surface area contributed by atoms with Crippen LogP contribution in [0.2, 0.25) is 0 Å². The van der Waals surface area contributed by atoms with Gasteiger partial charge in [0, 0.05) is 27.6 Å². The highest BCUT2D eigenvalue weighted by atomic mass is 32.2. The number of ether oxygens (including phenoxy) is 1. The largest absolute Gasteiger partial charge is 0.497 e. The number of fused-ring (bicyclic) bond motifs is 2. The van der Waals surface area contributed by atoms with Crippen molar-refractivity contribution >= 4 is 40.5 Å². The molecule has 3 aromatic carbocycles. The first-order chi connectivity index (χ1) is 14.5. The van der Waals surface area contributed by atoms with E-state index in [1.54, 1.807) is 31.4 Å². The van der Waals surface area contributed by atoms with Gasteiger partial charge in [0.05, 0.1) is 35.6 Å². The number of nitro groups is 1. The van der Waals surface area contributed by atoms with Crippen LogP contribution in [0.5, 0.6) is 5.75 Å². The monoisotopic (exact) mass is 423 g/mol. The van der Waals surface area contributed by atoms with Crippen LogP contribution in [0.1, 0.15) is 10.4 Å². The van der Waals surface area contributed by atoms with Crippen molar-refractivity contribution in [3.63, 3.8) is 0 Å². The lowest BCUT2D eigenvalue weighted by atomic mass is 10.1. The van der Waals surface area contributed by atoms with Crippen LogP contribution in [0.15, 0.2) is 70.5 Å². The number of nitrogens with zero attached hydrogens (tertiary/aromatic N) is 2. The van der Waals surface area contributed by atoms with Gasteiger partial charge >= 0.3 is 5.97 Å². The minimum Gasteiger partial charge on any atom is -0.497 e. The van der Waals surface area contributed by atoms with Crippen molar-refractivity contribution in [2.75, 3.05) is 24.0 Å². The summed E-state index contributed by atoms with van der Waals surface area (Å²) in [6, 6.07) is 16.9. The number of hydrogen-bond donors (Lipinski definition) is 2. The van der Waals surface area contributed by atoms with E-state index in [1.165, 1.54) is 23.9 Å². The van der Waals surface area contributed by atoms with Crippen LogP contribution < -0.4 is 15.0 Å². The van der Waals surface area contributed by atoms with Crippen LogP contribution in [0.4, 0.5) is 22.7 Å². The van der Waals surface area contributed by atoms with Crippen LogP contribution in [-0.4, -0.2) is 29.8 Å². The van der Waals surface area contributed by atoms with Crippen LogP contribution in [-0.2, 0) is 0 Å². The van der Waals surface area contributed by atoms with Crippen molar-refractivity contribution in [2.24, 2.45) is 0 Å². The van der Waals surface area contributed by atoms with Crippen molar-refractivity contribution in [3.05, 3.63) is 76.3 Å². The number of rotatable bonds is 6. The number of methoxy groups -OCH3 is 1. The number of nitrogens with one attached hydrogen (secondary N) is 1. The third kappa shape index (κ3) is 3.62. The number of carboxylic acid groups (broad SMARTS) is 1. The van der Waals surface area contributed by atoms with E-state index in [1.807, 2.05) is 29.2 Å². The number of para-hydroxylation sites is 1. The molecule has 4 rings (SSSR count). The molecule has 1 aliphatic rings. The van der Waals surface area contributed by atoms with E-state index in [9.17, 15) is 20.0 Å². The SMILES string of the molecule is COc1ccc2c(c1)Sc1cccc(C(=O)O)c1N2CNc1cccc([N+](=O)[O-])c1. The number of hydrogen-bond acceptors (Lipinski definition) is 7. The maximum absolute atomic E-state index is 11.9. The summed E-state index contributed by atoms with van der Waals surface area (Å²) < 4.78 is 5.32. The predicted octanol–water partition coefficient (Wildman–Crippen LogP) is 4.97. The minimum absolute atomic E-state index is 0.0223. The summed E-state index contributed by atoms with van der Waals surface area (Å²) in [6.07, 6.45) is 0. The van der Waals surface area contributed by atoms with E-state index in [-0.39, 0.29) is 17.9 Å². The molecule has 0 aromatic heterocycles. The first-order valence-corrected chi connectivity index (χ1v) is 9.77. The fourth-order valence-electron chi connectivity index (χ4n) is 3.28. The first kappa shape index (κ1) is 19.6. The second-order valence-electron chi connectivity index (χ2n) is 6.46. The van der Waals surface area contributed by atoms with E-state index in [0.717, 1.165) is 15.5 Å². The minimum atomic E-state index is -1.02. The molecule has 0 amide bonds. The molecule has 0 spiro atoms. The highest BCUT2D eigenvalue weighted by Crippen LogP contribution is 2.50. The fourth-order valence-corrected chi connectivity index (χ4v) is 4.44. The van der Waals surface area contributed by atoms with E-state index in [4.69, 9.17) is 4.74 Å². The topological polar surface area (TPSA) is 105 Å². The van der Waals surface area contributed by atoms with Gasteiger partial charge < -0.3 is 20.1 Å². The van der Waals surface area contributed by atoms with Crippen molar-refractivity contribution in [3.8, 4) is 5.75 Å². The lowest BCUT2D eigenvalue weighted by Gasteiger charge is -2.34.